The fourth-order valence-corrected chi connectivity index (χ4v) is 3.80. The predicted octanol–water partition coefficient (Wildman–Crippen LogP) is 3.61. The van der Waals surface area contributed by atoms with Crippen LogP contribution in [0.4, 0.5) is 0 Å². The molecule has 128 valence electrons. The van der Waals surface area contributed by atoms with Crippen LogP contribution in [0.25, 0.3) is 10.9 Å². The lowest BCUT2D eigenvalue weighted by Crippen LogP contribution is -2.33. The Hall–Kier alpha value is -2.46. The van der Waals surface area contributed by atoms with E-state index in [0.717, 1.165) is 54.6 Å². The first-order chi connectivity index (χ1) is 12.2. The molecule has 1 fully saturated rings. The maximum atomic E-state index is 12.4. The topological polar surface area (TPSA) is 49.0 Å². The molecule has 1 saturated heterocycles. The van der Waals surface area contributed by atoms with Crippen LogP contribution in [0, 0.1) is 6.92 Å². The molecular formula is C21H23N3O. The van der Waals surface area contributed by atoms with E-state index in [4.69, 9.17) is 0 Å². The first kappa shape index (κ1) is 16.0. The van der Waals surface area contributed by atoms with E-state index in [9.17, 15) is 4.79 Å². The van der Waals surface area contributed by atoms with Gasteiger partial charge in [-0.25, -0.2) is 0 Å². The van der Waals surface area contributed by atoms with Gasteiger partial charge in [0.25, 0.3) is 0 Å². The van der Waals surface area contributed by atoms with Crippen molar-refractivity contribution in [1.82, 2.24) is 14.9 Å². The summed E-state index contributed by atoms with van der Waals surface area (Å²) in [7, 11) is 0. The summed E-state index contributed by atoms with van der Waals surface area (Å²) in [6, 6.07) is 12.0. The molecule has 3 heterocycles. The van der Waals surface area contributed by atoms with Gasteiger partial charge >= 0.3 is 0 Å². The maximum absolute atomic E-state index is 12.4. The number of pyridine rings is 2. The number of hydrogen-bond acceptors (Lipinski definition) is 3. The van der Waals surface area contributed by atoms with Gasteiger partial charge < -0.3 is 4.98 Å². The van der Waals surface area contributed by atoms with E-state index in [-0.39, 0.29) is 5.43 Å². The van der Waals surface area contributed by atoms with E-state index in [1.165, 1.54) is 5.56 Å². The molecule has 1 aliphatic rings. The zero-order valence-corrected chi connectivity index (χ0v) is 14.5. The van der Waals surface area contributed by atoms with Gasteiger partial charge in [0.2, 0.25) is 0 Å². The number of aromatic nitrogens is 2. The van der Waals surface area contributed by atoms with E-state index in [0.29, 0.717) is 5.92 Å². The van der Waals surface area contributed by atoms with Crippen LogP contribution in [0.1, 0.15) is 35.6 Å². The van der Waals surface area contributed by atoms with E-state index in [1.807, 2.05) is 37.5 Å². The Morgan fingerprint density at radius 3 is 2.64 bits per heavy atom. The molecule has 0 saturated carbocycles. The van der Waals surface area contributed by atoms with Gasteiger partial charge in [0, 0.05) is 41.6 Å². The highest BCUT2D eigenvalue weighted by Gasteiger charge is 2.20. The summed E-state index contributed by atoms with van der Waals surface area (Å²) in [6.45, 7) is 4.93. The van der Waals surface area contributed by atoms with Gasteiger partial charge in [-0.05, 0) is 68.6 Å². The summed E-state index contributed by atoms with van der Waals surface area (Å²) in [4.78, 5) is 22.4. The summed E-state index contributed by atoms with van der Waals surface area (Å²) in [6.07, 6.45) is 6.06. The Kier molecular flexibility index (Phi) is 4.36. The van der Waals surface area contributed by atoms with Crippen LogP contribution in [-0.2, 0) is 6.54 Å². The summed E-state index contributed by atoms with van der Waals surface area (Å²) >= 11 is 0. The van der Waals surface area contributed by atoms with Gasteiger partial charge in [0.05, 0.1) is 0 Å². The van der Waals surface area contributed by atoms with Crippen molar-refractivity contribution in [2.24, 2.45) is 0 Å². The smallest absolute Gasteiger partial charge is 0.189 e. The van der Waals surface area contributed by atoms with Crippen LogP contribution in [0.2, 0.25) is 0 Å². The van der Waals surface area contributed by atoms with Crippen LogP contribution in [0.3, 0.4) is 0 Å². The molecule has 0 spiro atoms. The molecule has 4 nitrogen and oxygen atoms in total. The number of H-pyrrole nitrogens is 1. The molecule has 0 aliphatic carbocycles. The number of aromatic amines is 1. The van der Waals surface area contributed by atoms with E-state index in [1.54, 1.807) is 6.07 Å². The molecule has 0 unspecified atom stereocenters. The van der Waals surface area contributed by atoms with E-state index in [2.05, 4.69) is 27.0 Å². The molecule has 0 atom stereocenters. The number of nitrogens with one attached hydrogen (secondary N) is 1. The quantitative estimate of drug-likeness (QED) is 0.796. The van der Waals surface area contributed by atoms with Gasteiger partial charge in [-0.1, -0.05) is 11.6 Å². The second-order valence-electron chi connectivity index (χ2n) is 7.04. The van der Waals surface area contributed by atoms with Crippen molar-refractivity contribution in [2.75, 3.05) is 13.1 Å². The summed E-state index contributed by atoms with van der Waals surface area (Å²) in [5.41, 5.74) is 4.55. The summed E-state index contributed by atoms with van der Waals surface area (Å²) < 4.78 is 0. The fourth-order valence-electron chi connectivity index (χ4n) is 3.80. The van der Waals surface area contributed by atoms with Crippen LogP contribution in [0.15, 0.2) is 53.6 Å². The van der Waals surface area contributed by atoms with Crippen molar-refractivity contribution in [1.29, 1.82) is 0 Å². The van der Waals surface area contributed by atoms with Crippen LogP contribution < -0.4 is 5.43 Å². The Bertz CT molecular complexity index is 925. The number of fused-ring (bicyclic) bond motifs is 1. The second-order valence-corrected chi connectivity index (χ2v) is 7.04. The van der Waals surface area contributed by atoms with Gasteiger partial charge in [0.15, 0.2) is 5.43 Å². The molecule has 4 heteroatoms. The second kappa shape index (κ2) is 6.81. The lowest BCUT2D eigenvalue weighted by Gasteiger charge is -2.32. The molecule has 1 N–H and O–H groups in total. The number of nitrogens with zero attached hydrogens (tertiary/aromatic N) is 2. The van der Waals surface area contributed by atoms with Crippen LogP contribution in [-0.4, -0.2) is 28.0 Å². The average molecular weight is 333 g/mol. The van der Waals surface area contributed by atoms with Gasteiger partial charge in [-0.15, -0.1) is 0 Å². The third-order valence-electron chi connectivity index (χ3n) is 5.20. The Morgan fingerprint density at radius 1 is 1.12 bits per heavy atom. The van der Waals surface area contributed by atoms with Crippen molar-refractivity contribution in [3.8, 4) is 0 Å². The third-order valence-corrected chi connectivity index (χ3v) is 5.20. The predicted molar refractivity (Wildman–Crippen MR) is 101 cm³/mol. The number of aryl methyl sites for hydroxylation is 1. The molecule has 3 aromatic rings. The molecular weight excluding hydrogens is 310 g/mol. The third kappa shape index (κ3) is 3.49. The Labute approximate surface area is 147 Å². The Balaban J connectivity index is 1.46. The number of rotatable bonds is 3. The molecule has 4 rings (SSSR count). The number of benzene rings is 1. The van der Waals surface area contributed by atoms with Crippen molar-refractivity contribution >= 4 is 10.9 Å². The summed E-state index contributed by atoms with van der Waals surface area (Å²) in [5, 5.41) is 0.778. The minimum Gasteiger partial charge on any atom is -0.357 e. The Morgan fingerprint density at radius 2 is 1.88 bits per heavy atom. The fraction of sp³-hybridized carbons (Fsp3) is 0.333. The first-order valence-corrected chi connectivity index (χ1v) is 8.94. The van der Waals surface area contributed by atoms with Crippen molar-refractivity contribution in [2.45, 2.75) is 32.2 Å². The molecule has 25 heavy (non-hydrogen) atoms. The molecule has 0 bridgehead atoms. The van der Waals surface area contributed by atoms with Gasteiger partial charge in [-0.3, -0.25) is 14.7 Å². The molecule has 0 radical (unpaired) electrons. The highest BCUT2D eigenvalue weighted by atomic mass is 16.1. The largest absolute Gasteiger partial charge is 0.357 e. The average Bonchev–Trinajstić information content (AvgIpc) is 2.64. The number of piperidine rings is 1. The SMILES string of the molecule is Cc1ccc2[nH]c(CN3CCC(c4ccncc4)CC3)cc(=O)c2c1. The molecule has 0 amide bonds. The molecule has 1 aromatic carbocycles. The lowest BCUT2D eigenvalue weighted by molar-refractivity contribution is 0.202. The molecule has 1 aliphatic heterocycles. The number of hydrogen-bond donors (Lipinski definition) is 1. The molecule has 2 aromatic heterocycles. The van der Waals surface area contributed by atoms with Crippen LogP contribution >= 0.6 is 0 Å². The minimum absolute atomic E-state index is 0.110. The van der Waals surface area contributed by atoms with E-state index < -0.39 is 0 Å². The maximum Gasteiger partial charge on any atom is 0.189 e. The van der Waals surface area contributed by atoms with Gasteiger partial charge in [0.1, 0.15) is 0 Å². The number of likely N-dealkylation sites (tertiary alicyclic amines) is 1. The van der Waals surface area contributed by atoms with Crippen molar-refractivity contribution < 1.29 is 0 Å². The highest BCUT2D eigenvalue weighted by Crippen LogP contribution is 2.28. The zero-order chi connectivity index (χ0) is 17.2. The monoisotopic (exact) mass is 333 g/mol. The van der Waals surface area contributed by atoms with Crippen LogP contribution in [0.5, 0.6) is 0 Å². The highest BCUT2D eigenvalue weighted by molar-refractivity contribution is 5.79. The zero-order valence-electron chi connectivity index (χ0n) is 14.5. The lowest BCUT2D eigenvalue weighted by atomic mass is 9.90. The first-order valence-electron chi connectivity index (χ1n) is 8.94. The summed E-state index contributed by atoms with van der Waals surface area (Å²) in [5.74, 6) is 0.623. The minimum atomic E-state index is 0.110. The normalized spacial score (nSPS) is 16.4. The van der Waals surface area contributed by atoms with Crippen molar-refractivity contribution in [3.63, 3.8) is 0 Å². The van der Waals surface area contributed by atoms with Crippen molar-refractivity contribution in [3.05, 3.63) is 75.8 Å². The van der Waals surface area contributed by atoms with Gasteiger partial charge in [-0.2, -0.15) is 0 Å². The standard InChI is InChI=1S/C21H23N3O/c1-15-2-3-20-19(12-15)21(25)13-18(23-20)14-24-10-6-17(7-11-24)16-4-8-22-9-5-16/h2-5,8-9,12-13,17H,6-7,10-11,14H2,1H3,(H,23,25). The van der Waals surface area contributed by atoms with E-state index >= 15 is 0 Å².